The topological polar surface area (TPSA) is 6.48 Å². The Morgan fingerprint density at radius 2 is 1.11 bits per heavy atom. The Bertz CT molecular complexity index is 919. The van der Waals surface area contributed by atoms with Crippen molar-refractivity contribution in [3.05, 3.63) is 93.0 Å². The van der Waals surface area contributed by atoms with E-state index in [0.29, 0.717) is 0 Å². The number of anilines is 2. The average Bonchev–Trinajstić information content (AvgIpc) is 2.65. The predicted molar refractivity (Wildman–Crippen MR) is 126 cm³/mol. The predicted octanol–water partition coefficient (Wildman–Crippen LogP) is 6.38. The highest BCUT2D eigenvalue weighted by Crippen LogP contribution is 2.41. The second-order valence-electron chi connectivity index (χ2n) is 7.83. The first kappa shape index (κ1) is 20.5. The molecule has 2 nitrogen and oxygen atoms in total. The minimum Gasteiger partial charge on any atom is -0.378 e. The van der Waals surface area contributed by atoms with Crippen molar-refractivity contribution in [2.75, 3.05) is 38.0 Å². The fraction of sp³-hybridized carbons (Fsp3) is 0.280. The van der Waals surface area contributed by atoms with E-state index in [0.717, 1.165) is 4.47 Å². The molecule has 0 heterocycles. The highest BCUT2D eigenvalue weighted by atomic mass is 79.9. The van der Waals surface area contributed by atoms with Gasteiger partial charge in [0.2, 0.25) is 0 Å². The number of hydrogen-bond acceptors (Lipinski definition) is 2. The third kappa shape index (κ3) is 4.10. The van der Waals surface area contributed by atoms with E-state index >= 15 is 0 Å². The Morgan fingerprint density at radius 1 is 0.643 bits per heavy atom. The molecule has 0 aromatic heterocycles. The first-order valence-electron chi connectivity index (χ1n) is 9.59. The van der Waals surface area contributed by atoms with E-state index in [9.17, 15) is 0 Å². The minimum atomic E-state index is 0.162. The second kappa shape index (κ2) is 8.40. The van der Waals surface area contributed by atoms with E-state index < -0.39 is 0 Å². The summed E-state index contributed by atoms with van der Waals surface area (Å²) < 4.78 is 1.14. The Hall–Kier alpha value is -2.26. The zero-order chi connectivity index (χ0) is 20.4. The van der Waals surface area contributed by atoms with Crippen LogP contribution in [0.1, 0.15) is 33.7 Å². The monoisotopic (exact) mass is 436 g/mol. The SMILES string of the molecule is Cc1ccc(N(C)C)cc1C(c1cc(N(C)C)ccc1C)c1ccccc1Br. The van der Waals surface area contributed by atoms with Gasteiger partial charge in [0, 0.05) is 50.0 Å². The molecule has 0 unspecified atom stereocenters. The molecule has 0 spiro atoms. The van der Waals surface area contributed by atoms with E-state index in [4.69, 9.17) is 0 Å². The lowest BCUT2D eigenvalue weighted by atomic mass is 9.81. The smallest absolute Gasteiger partial charge is 0.0364 e. The van der Waals surface area contributed by atoms with Gasteiger partial charge in [0.05, 0.1) is 0 Å². The number of hydrogen-bond donors (Lipinski definition) is 0. The van der Waals surface area contributed by atoms with Gasteiger partial charge < -0.3 is 9.80 Å². The largest absolute Gasteiger partial charge is 0.378 e. The number of benzene rings is 3. The van der Waals surface area contributed by atoms with E-state index in [1.807, 2.05) is 0 Å². The van der Waals surface area contributed by atoms with Crippen molar-refractivity contribution in [1.82, 2.24) is 0 Å². The lowest BCUT2D eigenvalue weighted by Gasteiger charge is -2.27. The van der Waals surface area contributed by atoms with E-state index in [-0.39, 0.29) is 5.92 Å². The van der Waals surface area contributed by atoms with Crippen LogP contribution >= 0.6 is 15.9 Å². The van der Waals surface area contributed by atoms with Crippen molar-refractivity contribution in [2.45, 2.75) is 19.8 Å². The van der Waals surface area contributed by atoms with Gasteiger partial charge >= 0.3 is 0 Å². The van der Waals surface area contributed by atoms with E-state index in [2.05, 4.69) is 128 Å². The summed E-state index contributed by atoms with van der Waals surface area (Å²) in [6.07, 6.45) is 0. The summed E-state index contributed by atoms with van der Waals surface area (Å²) in [7, 11) is 8.39. The summed E-state index contributed by atoms with van der Waals surface area (Å²) in [5.41, 5.74) is 9.04. The summed E-state index contributed by atoms with van der Waals surface area (Å²) in [6, 6.07) is 22.1. The third-order valence-corrected chi connectivity index (χ3v) is 6.12. The lowest BCUT2D eigenvalue weighted by Crippen LogP contribution is -2.14. The van der Waals surface area contributed by atoms with Gasteiger partial charge in [-0.25, -0.2) is 0 Å². The quantitative estimate of drug-likeness (QED) is 0.428. The molecule has 0 amide bonds. The summed E-state index contributed by atoms with van der Waals surface area (Å²) in [4.78, 5) is 4.34. The van der Waals surface area contributed by atoms with Crippen LogP contribution in [0.4, 0.5) is 11.4 Å². The van der Waals surface area contributed by atoms with Crippen LogP contribution in [0.3, 0.4) is 0 Å². The first-order chi connectivity index (χ1) is 13.3. The van der Waals surface area contributed by atoms with Gasteiger partial charge in [-0.15, -0.1) is 0 Å². The average molecular weight is 437 g/mol. The Balaban J connectivity index is 2.31. The fourth-order valence-electron chi connectivity index (χ4n) is 3.65. The number of aryl methyl sites for hydroxylation is 2. The molecule has 0 bridgehead atoms. The summed E-state index contributed by atoms with van der Waals surface area (Å²) in [5, 5.41) is 0. The minimum absolute atomic E-state index is 0.162. The van der Waals surface area contributed by atoms with Crippen molar-refractivity contribution in [3.8, 4) is 0 Å². The number of halogens is 1. The maximum Gasteiger partial charge on any atom is 0.0364 e. The molecule has 0 saturated carbocycles. The van der Waals surface area contributed by atoms with E-state index in [1.165, 1.54) is 39.2 Å². The van der Waals surface area contributed by atoms with Crippen molar-refractivity contribution < 1.29 is 0 Å². The van der Waals surface area contributed by atoms with E-state index in [1.54, 1.807) is 0 Å². The van der Waals surface area contributed by atoms with Crippen LogP contribution in [-0.2, 0) is 0 Å². The van der Waals surface area contributed by atoms with Gasteiger partial charge in [-0.1, -0.05) is 46.3 Å². The van der Waals surface area contributed by atoms with Crippen LogP contribution in [0.25, 0.3) is 0 Å². The van der Waals surface area contributed by atoms with Crippen LogP contribution in [0, 0.1) is 13.8 Å². The van der Waals surface area contributed by atoms with Crippen LogP contribution in [-0.4, -0.2) is 28.2 Å². The molecule has 0 N–H and O–H groups in total. The zero-order valence-electron chi connectivity index (χ0n) is 17.6. The van der Waals surface area contributed by atoms with Gasteiger partial charge in [0.1, 0.15) is 0 Å². The molecule has 0 atom stereocenters. The molecule has 0 radical (unpaired) electrons. The molecule has 0 fully saturated rings. The Morgan fingerprint density at radius 3 is 1.54 bits per heavy atom. The molecule has 0 aliphatic rings. The molecule has 3 heteroatoms. The molecule has 146 valence electrons. The molecular formula is C25H29BrN2. The van der Waals surface area contributed by atoms with Gasteiger partial charge in [-0.2, -0.15) is 0 Å². The van der Waals surface area contributed by atoms with Gasteiger partial charge in [-0.3, -0.25) is 0 Å². The first-order valence-corrected chi connectivity index (χ1v) is 10.4. The summed E-state index contributed by atoms with van der Waals surface area (Å²) >= 11 is 3.81. The standard InChI is InChI=1S/C25H29BrN2/c1-17-11-13-19(27(3)4)15-22(17)25(21-9-7-8-10-24(21)26)23-16-20(28(5)6)14-12-18(23)2/h7-16,25H,1-6H3. The molecule has 3 rings (SSSR count). The molecule has 0 aliphatic carbocycles. The van der Waals surface area contributed by atoms with Crippen LogP contribution in [0.2, 0.25) is 0 Å². The highest BCUT2D eigenvalue weighted by molar-refractivity contribution is 9.10. The maximum atomic E-state index is 3.81. The van der Waals surface area contributed by atoms with Crippen LogP contribution in [0.5, 0.6) is 0 Å². The Labute approximate surface area is 177 Å². The zero-order valence-corrected chi connectivity index (χ0v) is 19.2. The lowest BCUT2D eigenvalue weighted by molar-refractivity contribution is 0.936. The van der Waals surface area contributed by atoms with Crippen LogP contribution in [0.15, 0.2) is 65.1 Å². The van der Waals surface area contributed by atoms with Gasteiger partial charge in [0.15, 0.2) is 0 Å². The summed E-state index contributed by atoms with van der Waals surface area (Å²) in [5.74, 6) is 0.162. The van der Waals surface area contributed by atoms with Crippen LogP contribution < -0.4 is 9.80 Å². The van der Waals surface area contributed by atoms with Crippen molar-refractivity contribution in [3.63, 3.8) is 0 Å². The summed E-state index contributed by atoms with van der Waals surface area (Å²) in [6.45, 7) is 4.42. The van der Waals surface area contributed by atoms with Crippen molar-refractivity contribution in [1.29, 1.82) is 0 Å². The molecule has 28 heavy (non-hydrogen) atoms. The molecule has 3 aromatic rings. The molecule has 3 aromatic carbocycles. The Kier molecular flexibility index (Phi) is 6.14. The number of rotatable bonds is 5. The van der Waals surface area contributed by atoms with Gasteiger partial charge in [-0.05, 0) is 72.0 Å². The van der Waals surface area contributed by atoms with Crippen molar-refractivity contribution in [2.24, 2.45) is 0 Å². The highest BCUT2D eigenvalue weighted by Gasteiger charge is 2.23. The third-order valence-electron chi connectivity index (χ3n) is 5.40. The number of nitrogens with zero attached hydrogens (tertiary/aromatic N) is 2. The maximum absolute atomic E-state index is 3.81. The molecular weight excluding hydrogens is 408 g/mol. The second-order valence-corrected chi connectivity index (χ2v) is 8.68. The molecule has 0 saturated heterocycles. The molecule has 0 aliphatic heterocycles. The fourth-order valence-corrected chi connectivity index (χ4v) is 4.16. The van der Waals surface area contributed by atoms with Gasteiger partial charge in [0.25, 0.3) is 0 Å². The normalized spacial score (nSPS) is 11.0. The van der Waals surface area contributed by atoms with Crippen molar-refractivity contribution >= 4 is 27.3 Å².